The molecule has 0 saturated carbocycles. The zero-order valence-corrected chi connectivity index (χ0v) is 19.9. The lowest BCUT2D eigenvalue weighted by Crippen LogP contribution is -2.46. The Balaban J connectivity index is 1.70. The molecule has 5 rings (SSSR count). The van der Waals surface area contributed by atoms with Gasteiger partial charge in [-0.25, -0.2) is 0 Å². The Morgan fingerprint density at radius 3 is 2.29 bits per heavy atom. The number of methoxy groups -OCH3 is 3. The van der Waals surface area contributed by atoms with Crippen LogP contribution in [0.4, 0.5) is 5.69 Å². The van der Waals surface area contributed by atoms with E-state index in [0.717, 1.165) is 0 Å². The molecule has 2 atom stereocenters. The zero-order chi connectivity index (χ0) is 24.7. The van der Waals surface area contributed by atoms with Crippen LogP contribution in [0.2, 0.25) is 5.02 Å². The maximum atomic E-state index is 14.2. The second kappa shape index (κ2) is 8.63. The Bertz CT molecular complexity index is 1350. The van der Waals surface area contributed by atoms with Crippen molar-refractivity contribution in [3.8, 4) is 17.2 Å². The number of para-hydroxylation sites is 1. The molecule has 2 aliphatic rings. The first-order valence-electron chi connectivity index (χ1n) is 10.7. The topological polar surface area (TPSA) is 95.5 Å². The number of benzene rings is 3. The van der Waals surface area contributed by atoms with E-state index in [2.05, 4.69) is 10.5 Å². The van der Waals surface area contributed by atoms with Crippen LogP contribution in [0.3, 0.4) is 0 Å². The number of hydrogen-bond donors (Lipinski definition) is 1. The quantitative estimate of drug-likeness (QED) is 0.511. The smallest absolute Gasteiger partial charge is 0.277 e. The maximum absolute atomic E-state index is 14.2. The van der Waals surface area contributed by atoms with Crippen LogP contribution in [0.5, 0.6) is 17.2 Å². The second-order valence-electron chi connectivity index (χ2n) is 8.02. The van der Waals surface area contributed by atoms with Gasteiger partial charge in [0, 0.05) is 27.4 Å². The molecule has 178 valence electrons. The van der Waals surface area contributed by atoms with Crippen LogP contribution in [0.15, 0.2) is 65.8 Å². The highest BCUT2D eigenvalue weighted by Gasteiger charge is 2.63. The van der Waals surface area contributed by atoms with E-state index in [-0.39, 0.29) is 5.56 Å². The lowest BCUT2D eigenvalue weighted by Gasteiger charge is -2.27. The molecule has 0 bridgehead atoms. The van der Waals surface area contributed by atoms with Gasteiger partial charge in [-0.05, 0) is 30.3 Å². The summed E-state index contributed by atoms with van der Waals surface area (Å²) in [5.74, 6) is -1.01. The average molecular weight is 493 g/mol. The number of oxime groups is 1. The summed E-state index contributed by atoms with van der Waals surface area (Å²) in [6, 6.07) is 17.0. The monoisotopic (exact) mass is 492 g/mol. The normalized spacial score (nSPS) is 20.1. The van der Waals surface area contributed by atoms with E-state index in [1.807, 2.05) is 0 Å². The Hall–Kier alpha value is -4.04. The average Bonchev–Trinajstić information content (AvgIpc) is 3.42. The van der Waals surface area contributed by atoms with Crippen molar-refractivity contribution in [1.82, 2.24) is 0 Å². The molecule has 1 spiro atoms. The fourth-order valence-electron chi connectivity index (χ4n) is 4.59. The highest BCUT2D eigenvalue weighted by Crippen LogP contribution is 2.50. The predicted octanol–water partition coefficient (Wildman–Crippen LogP) is 4.45. The van der Waals surface area contributed by atoms with Crippen LogP contribution >= 0.6 is 11.6 Å². The number of nitrogens with zero attached hydrogens (tertiary/aromatic N) is 1. The summed E-state index contributed by atoms with van der Waals surface area (Å²) >= 11 is 6.08. The molecule has 9 heteroatoms. The van der Waals surface area contributed by atoms with Crippen LogP contribution in [0, 0.1) is 5.92 Å². The molecule has 0 unspecified atom stereocenters. The summed E-state index contributed by atoms with van der Waals surface area (Å²) in [6.45, 7) is 0. The number of carbonyl (C=O) groups is 2. The van der Waals surface area contributed by atoms with Crippen LogP contribution in [0.1, 0.15) is 21.5 Å². The van der Waals surface area contributed by atoms with Crippen LogP contribution < -0.4 is 19.5 Å². The lowest BCUT2D eigenvalue weighted by atomic mass is 9.74. The first kappa shape index (κ1) is 22.7. The Morgan fingerprint density at radius 1 is 1.00 bits per heavy atom. The molecule has 0 saturated heterocycles. The van der Waals surface area contributed by atoms with Gasteiger partial charge in [-0.2, -0.15) is 0 Å². The molecule has 1 N–H and O–H groups in total. The largest absolute Gasteiger partial charge is 0.493 e. The third-order valence-corrected chi connectivity index (χ3v) is 6.48. The third-order valence-electron chi connectivity index (χ3n) is 6.23. The van der Waals surface area contributed by atoms with Gasteiger partial charge in [-0.15, -0.1) is 0 Å². The van der Waals surface area contributed by atoms with Crippen molar-refractivity contribution in [3.05, 3.63) is 82.4 Å². The number of fused-ring (bicyclic) bond motifs is 2. The predicted molar refractivity (Wildman–Crippen MR) is 130 cm³/mol. The van der Waals surface area contributed by atoms with Gasteiger partial charge in [-0.3, -0.25) is 9.59 Å². The minimum absolute atomic E-state index is 0.244. The summed E-state index contributed by atoms with van der Waals surface area (Å²) < 4.78 is 16.3. The number of halogens is 1. The van der Waals surface area contributed by atoms with Gasteiger partial charge in [0.05, 0.1) is 21.3 Å². The van der Waals surface area contributed by atoms with Gasteiger partial charge in [0.25, 0.3) is 11.5 Å². The van der Waals surface area contributed by atoms with Gasteiger partial charge < -0.3 is 24.4 Å². The number of amides is 1. The van der Waals surface area contributed by atoms with Crippen molar-refractivity contribution < 1.29 is 28.6 Å². The van der Waals surface area contributed by atoms with E-state index >= 15 is 0 Å². The van der Waals surface area contributed by atoms with Gasteiger partial charge in [-0.1, -0.05) is 47.1 Å². The SMILES string of the molecule is COc1cc(C(=O)[C@@H]2C(c3ccc(Cl)cc3)=NO[C@]23C(=O)Nc2ccccc23)cc(OC)c1OC. The van der Waals surface area contributed by atoms with Crippen LogP contribution in [-0.2, 0) is 15.2 Å². The highest BCUT2D eigenvalue weighted by molar-refractivity contribution is 6.31. The van der Waals surface area contributed by atoms with Gasteiger partial charge in [0.15, 0.2) is 17.3 Å². The minimum atomic E-state index is -1.68. The lowest BCUT2D eigenvalue weighted by molar-refractivity contribution is -0.140. The molecule has 0 aromatic heterocycles. The summed E-state index contributed by atoms with van der Waals surface area (Å²) in [6.07, 6.45) is 0. The summed E-state index contributed by atoms with van der Waals surface area (Å²) in [5, 5.41) is 7.63. The molecular weight excluding hydrogens is 472 g/mol. The zero-order valence-electron chi connectivity index (χ0n) is 19.1. The molecule has 35 heavy (non-hydrogen) atoms. The van der Waals surface area contributed by atoms with Crippen molar-refractivity contribution in [3.63, 3.8) is 0 Å². The molecule has 0 aliphatic carbocycles. The number of Topliss-reactive ketones (excluding diaryl/α,β-unsaturated/α-hetero) is 1. The Labute approximate surface area is 206 Å². The van der Waals surface area contributed by atoms with Crippen molar-refractivity contribution in [2.45, 2.75) is 5.60 Å². The van der Waals surface area contributed by atoms with Crippen molar-refractivity contribution in [2.24, 2.45) is 11.1 Å². The fraction of sp³-hybridized carbons (Fsp3) is 0.192. The first-order valence-corrected chi connectivity index (χ1v) is 11.1. The molecule has 0 fully saturated rings. The number of nitrogens with one attached hydrogen (secondary N) is 1. The fourth-order valence-corrected chi connectivity index (χ4v) is 4.71. The number of anilines is 1. The van der Waals surface area contributed by atoms with E-state index in [1.165, 1.54) is 21.3 Å². The summed E-state index contributed by atoms with van der Waals surface area (Å²) in [7, 11) is 4.41. The molecule has 3 aromatic rings. The molecule has 8 nitrogen and oxygen atoms in total. The minimum Gasteiger partial charge on any atom is -0.493 e. The number of rotatable bonds is 6. The first-order chi connectivity index (χ1) is 16.9. The number of carbonyl (C=O) groups excluding carboxylic acids is 2. The van der Waals surface area contributed by atoms with Crippen LogP contribution in [-0.4, -0.2) is 38.7 Å². The Kier molecular flexibility index (Phi) is 5.61. The standard InChI is InChI=1S/C26H21ClN2O6/c1-32-19-12-15(13-20(33-2)24(19)34-3)23(30)21-22(14-8-10-16(27)11-9-14)29-35-26(21)17-6-4-5-7-18(17)28-25(26)31/h4-13,21H,1-3H3,(H,28,31)/t21-,26-/m0/s1. The molecular formula is C26H21ClN2O6. The number of hydrogen-bond acceptors (Lipinski definition) is 7. The molecule has 2 heterocycles. The van der Waals surface area contributed by atoms with Gasteiger partial charge in [0.1, 0.15) is 11.6 Å². The molecule has 2 aliphatic heterocycles. The number of ketones is 1. The second-order valence-corrected chi connectivity index (χ2v) is 8.46. The summed E-state index contributed by atoms with van der Waals surface area (Å²) in [5.41, 5.74) is 0.578. The van der Waals surface area contributed by atoms with E-state index in [4.69, 9.17) is 30.6 Å². The molecule has 1 amide bonds. The van der Waals surface area contributed by atoms with E-state index < -0.39 is 23.2 Å². The highest BCUT2D eigenvalue weighted by atomic mass is 35.5. The van der Waals surface area contributed by atoms with Crippen molar-refractivity contribution >= 4 is 34.7 Å². The van der Waals surface area contributed by atoms with E-state index in [0.29, 0.717) is 44.8 Å². The Morgan fingerprint density at radius 2 is 1.66 bits per heavy atom. The van der Waals surface area contributed by atoms with Crippen molar-refractivity contribution in [1.29, 1.82) is 0 Å². The van der Waals surface area contributed by atoms with Crippen molar-refractivity contribution in [2.75, 3.05) is 26.6 Å². The van der Waals surface area contributed by atoms with Gasteiger partial charge in [0.2, 0.25) is 5.75 Å². The maximum Gasteiger partial charge on any atom is 0.277 e. The van der Waals surface area contributed by atoms with E-state index in [9.17, 15) is 9.59 Å². The van der Waals surface area contributed by atoms with Gasteiger partial charge >= 0.3 is 0 Å². The number of ether oxygens (including phenoxy) is 3. The van der Waals surface area contributed by atoms with Crippen LogP contribution in [0.25, 0.3) is 0 Å². The molecule has 0 radical (unpaired) electrons. The third kappa shape index (κ3) is 3.40. The van der Waals surface area contributed by atoms with E-state index in [1.54, 1.807) is 60.7 Å². The molecule has 3 aromatic carbocycles. The summed E-state index contributed by atoms with van der Waals surface area (Å²) in [4.78, 5) is 33.5.